The molecule has 1 aliphatic carbocycles. The second kappa shape index (κ2) is 9.39. The Hall–Kier alpha value is -3.28. The van der Waals surface area contributed by atoms with Crippen molar-refractivity contribution >= 4 is 29.5 Å². The summed E-state index contributed by atoms with van der Waals surface area (Å²) in [7, 11) is 0. The van der Waals surface area contributed by atoms with Crippen LogP contribution in [0.2, 0.25) is 0 Å². The largest absolute Gasteiger partial charge is 0.444 e. The molecule has 4 heterocycles. The number of likely N-dealkylation sites (tertiary alicyclic amines) is 1. The first-order chi connectivity index (χ1) is 18.8. The standard InChI is InChI=1S/C28H35F2N5O5/c1-27(2,3)40-26(39)34-14-28(15-34)11-16(12-28)32-6-8-33(9-7-32)23-19(29)10-17-18(22(23)30)13-35(25(17)38)20-4-5-21(36)31-24(20)37/h10,16,20H,4-9,11-15H2,1-3H3,(H,31,36,37). The van der Waals surface area contributed by atoms with Gasteiger partial charge in [-0.1, -0.05) is 0 Å². The molecule has 1 unspecified atom stereocenters. The van der Waals surface area contributed by atoms with Crippen molar-refractivity contribution in [3.63, 3.8) is 0 Å². The Morgan fingerprint density at radius 1 is 1.07 bits per heavy atom. The van der Waals surface area contributed by atoms with Crippen LogP contribution in [-0.4, -0.2) is 95.5 Å². The molecule has 1 saturated carbocycles. The molecule has 1 atom stereocenters. The third-order valence-corrected chi connectivity index (χ3v) is 8.89. The minimum atomic E-state index is -0.885. The van der Waals surface area contributed by atoms with E-state index in [-0.39, 0.29) is 47.7 Å². The molecule has 0 bridgehead atoms. The smallest absolute Gasteiger partial charge is 0.410 e. The van der Waals surface area contributed by atoms with E-state index in [9.17, 15) is 19.2 Å². The number of piperazine rings is 1. The molecule has 1 aromatic rings. The highest BCUT2D eigenvalue weighted by Crippen LogP contribution is 2.50. The van der Waals surface area contributed by atoms with Gasteiger partial charge in [-0.25, -0.2) is 13.6 Å². The van der Waals surface area contributed by atoms with Crippen LogP contribution in [0.3, 0.4) is 0 Å². The lowest BCUT2D eigenvalue weighted by Crippen LogP contribution is -2.69. The Balaban J connectivity index is 1.05. The van der Waals surface area contributed by atoms with Gasteiger partial charge in [-0.2, -0.15) is 0 Å². The van der Waals surface area contributed by atoms with Gasteiger partial charge in [-0.3, -0.25) is 24.6 Å². The zero-order valence-electron chi connectivity index (χ0n) is 23.1. The zero-order chi connectivity index (χ0) is 28.6. The third-order valence-electron chi connectivity index (χ3n) is 8.89. The topological polar surface area (TPSA) is 102 Å². The summed E-state index contributed by atoms with van der Waals surface area (Å²) in [5, 5.41) is 2.22. The van der Waals surface area contributed by atoms with Crippen molar-refractivity contribution in [3.8, 4) is 0 Å². The average molecular weight is 560 g/mol. The second-order valence-electron chi connectivity index (χ2n) is 12.9. The van der Waals surface area contributed by atoms with Crippen LogP contribution in [0.1, 0.15) is 62.4 Å². The van der Waals surface area contributed by atoms with Crippen molar-refractivity contribution in [1.29, 1.82) is 0 Å². The Kier molecular flexibility index (Phi) is 6.32. The number of fused-ring (bicyclic) bond motifs is 1. The lowest BCUT2D eigenvalue weighted by molar-refractivity contribution is -0.136. The lowest BCUT2D eigenvalue weighted by Gasteiger charge is -2.61. The molecule has 12 heteroatoms. The number of nitrogens with zero attached hydrogens (tertiary/aromatic N) is 4. The third kappa shape index (κ3) is 4.59. The van der Waals surface area contributed by atoms with Crippen LogP contribution >= 0.6 is 0 Å². The van der Waals surface area contributed by atoms with Gasteiger partial charge < -0.3 is 19.4 Å². The van der Waals surface area contributed by atoms with Crippen LogP contribution in [0.4, 0.5) is 19.3 Å². The number of ether oxygens (including phenoxy) is 1. The molecular formula is C28H35F2N5O5. The lowest BCUT2D eigenvalue weighted by atomic mass is 9.60. The minimum absolute atomic E-state index is 0.0669. The highest BCUT2D eigenvalue weighted by molar-refractivity contribution is 6.05. The van der Waals surface area contributed by atoms with Crippen molar-refractivity contribution in [1.82, 2.24) is 20.0 Å². The average Bonchev–Trinajstić information content (AvgIpc) is 3.13. The van der Waals surface area contributed by atoms with Crippen LogP contribution in [0, 0.1) is 17.0 Å². The quantitative estimate of drug-likeness (QED) is 0.567. The molecule has 4 amide bonds. The monoisotopic (exact) mass is 559 g/mol. The zero-order valence-corrected chi connectivity index (χ0v) is 23.1. The molecular weight excluding hydrogens is 524 g/mol. The number of amides is 4. The number of hydrogen-bond donors (Lipinski definition) is 1. The molecule has 1 aromatic carbocycles. The van der Waals surface area contributed by atoms with Gasteiger partial charge in [-0.05, 0) is 46.1 Å². The Morgan fingerprint density at radius 3 is 2.38 bits per heavy atom. The Morgan fingerprint density at radius 2 is 1.75 bits per heavy atom. The molecule has 6 rings (SSSR count). The molecule has 216 valence electrons. The molecule has 5 aliphatic rings. The van der Waals surface area contributed by atoms with E-state index in [4.69, 9.17) is 4.74 Å². The van der Waals surface area contributed by atoms with Gasteiger partial charge in [0.05, 0.1) is 12.1 Å². The summed E-state index contributed by atoms with van der Waals surface area (Å²) in [6.07, 6.45) is 1.96. The maximum absolute atomic E-state index is 15.7. The van der Waals surface area contributed by atoms with E-state index < -0.39 is 41.0 Å². The van der Waals surface area contributed by atoms with Gasteiger partial charge in [0.25, 0.3) is 5.91 Å². The van der Waals surface area contributed by atoms with Crippen LogP contribution in [0.15, 0.2) is 6.07 Å². The van der Waals surface area contributed by atoms with Crippen LogP contribution in [0.25, 0.3) is 0 Å². The highest BCUT2D eigenvalue weighted by Gasteiger charge is 2.56. The summed E-state index contributed by atoms with van der Waals surface area (Å²) in [6, 6.07) is 0.582. The van der Waals surface area contributed by atoms with E-state index in [2.05, 4.69) is 10.2 Å². The summed E-state index contributed by atoms with van der Waals surface area (Å²) in [4.78, 5) is 56.1. The number of imide groups is 1. The maximum atomic E-state index is 15.7. The summed E-state index contributed by atoms with van der Waals surface area (Å²) in [6.45, 7) is 9.07. The van der Waals surface area contributed by atoms with Crippen molar-refractivity contribution in [2.24, 2.45) is 5.41 Å². The molecule has 4 aliphatic heterocycles. The molecule has 40 heavy (non-hydrogen) atoms. The molecule has 0 aromatic heterocycles. The van der Waals surface area contributed by atoms with Crippen molar-refractivity contribution in [2.75, 3.05) is 44.2 Å². The fraction of sp³-hybridized carbons (Fsp3) is 0.643. The van der Waals surface area contributed by atoms with Gasteiger partial charge in [0.2, 0.25) is 11.8 Å². The first-order valence-electron chi connectivity index (χ1n) is 14.0. The molecule has 1 spiro atoms. The molecule has 4 fully saturated rings. The number of anilines is 1. The number of hydrogen-bond acceptors (Lipinski definition) is 7. The van der Waals surface area contributed by atoms with Gasteiger partial charge in [0.15, 0.2) is 5.82 Å². The molecule has 0 radical (unpaired) electrons. The molecule has 1 N–H and O–H groups in total. The predicted octanol–water partition coefficient (Wildman–Crippen LogP) is 2.25. The number of benzene rings is 1. The Bertz CT molecular complexity index is 1270. The normalized spacial score (nSPS) is 25.1. The van der Waals surface area contributed by atoms with E-state index in [1.807, 2.05) is 20.8 Å². The highest BCUT2D eigenvalue weighted by atomic mass is 19.1. The van der Waals surface area contributed by atoms with Gasteiger partial charge in [0, 0.05) is 62.7 Å². The van der Waals surface area contributed by atoms with Crippen LogP contribution < -0.4 is 10.2 Å². The number of nitrogens with one attached hydrogen (secondary N) is 1. The fourth-order valence-electron chi connectivity index (χ4n) is 6.90. The summed E-state index contributed by atoms with van der Waals surface area (Å²) < 4.78 is 36.4. The second-order valence-corrected chi connectivity index (χ2v) is 12.9. The number of carbonyl (C=O) groups excluding carboxylic acids is 4. The fourth-order valence-corrected chi connectivity index (χ4v) is 6.90. The first kappa shape index (κ1) is 26.9. The number of carbonyl (C=O) groups is 4. The van der Waals surface area contributed by atoms with Gasteiger partial charge in [0.1, 0.15) is 23.1 Å². The summed E-state index contributed by atoms with van der Waals surface area (Å²) in [5.41, 5.74) is -0.468. The minimum Gasteiger partial charge on any atom is -0.444 e. The Labute approximate surface area is 231 Å². The van der Waals surface area contributed by atoms with E-state index >= 15 is 8.78 Å². The van der Waals surface area contributed by atoms with E-state index in [1.54, 1.807) is 9.80 Å². The van der Waals surface area contributed by atoms with Gasteiger partial charge >= 0.3 is 6.09 Å². The predicted molar refractivity (Wildman–Crippen MR) is 139 cm³/mol. The van der Waals surface area contributed by atoms with E-state index in [1.165, 1.54) is 4.90 Å². The molecule has 3 saturated heterocycles. The number of rotatable bonds is 3. The summed E-state index contributed by atoms with van der Waals surface area (Å²) >= 11 is 0. The van der Waals surface area contributed by atoms with E-state index in [0.717, 1.165) is 18.9 Å². The van der Waals surface area contributed by atoms with E-state index in [0.29, 0.717) is 45.3 Å². The first-order valence-corrected chi connectivity index (χ1v) is 14.0. The van der Waals surface area contributed by atoms with Crippen LogP contribution in [-0.2, 0) is 20.9 Å². The molecule has 10 nitrogen and oxygen atoms in total. The number of halogens is 2. The van der Waals surface area contributed by atoms with Crippen molar-refractivity contribution < 1.29 is 32.7 Å². The number of piperidine rings is 1. The van der Waals surface area contributed by atoms with Crippen LogP contribution in [0.5, 0.6) is 0 Å². The van der Waals surface area contributed by atoms with Crippen molar-refractivity contribution in [3.05, 3.63) is 28.8 Å². The van der Waals surface area contributed by atoms with Crippen molar-refractivity contribution in [2.45, 2.75) is 70.7 Å². The van der Waals surface area contributed by atoms with Gasteiger partial charge in [-0.15, -0.1) is 0 Å². The summed E-state index contributed by atoms with van der Waals surface area (Å²) in [5.74, 6) is -3.14. The SMILES string of the molecule is CC(C)(C)OC(=O)N1CC2(CC(N3CCN(c4c(F)cc5c(c4F)CN(C4CCC(=O)NC4=O)C5=O)CC3)C2)C1. The maximum Gasteiger partial charge on any atom is 0.410 e.